The van der Waals surface area contributed by atoms with Crippen molar-refractivity contribution in [2.45, 2.75) is 52.0 Å². The van der Waals surface area contributed by atoms with Crippen molar-refractivity contribution in [3.63, 3.8) is 0 Å². The maximum Gasteiger partial charge on any atom is 0.416 e. The van der Waals surface area contributed by atoms with Crippen LogP contribution in [-0.4, -0.2) is 48.3 Å². The number of fused-ring (bicyclic) bond motifs is 1. The third-order valence-electron chi connectivity index (χ3n) is 8.31. The summed E-state index contributed by atoms with van der Waals surface area (Å²) in [5.74, 6) is -0.684. The highest BCUT2D eigenvalue weighted by molar-refractivity contribution is 6.17. The molecular weight excluding hydrogens is 524 g/mol. The minimum absolute atomic E-state index is 0.193. The predicted octanol–water partition coefficient (Wildman–Crippen LogP) is 6.41. The van der Waals surface area contributed by atoms with Gasteiger partial charge in [0, 0.05) is 31.3 Å². The van der Waals surface area contributed by atoms with Gasteiger partial charge in [-0.05, 0) is 66.6 Å². The molecule has 1 saturated heterocycles. The molecule has 2 amide bonds. The summed E-state index contributed by atoms with van der Waals surface area (Å²) in [4.78, 5) is 28.5. The lowest BCUT2D eigenvalue weighted by Gasteiger charge is -2.30. The summed E-state index contributed by atoms with van der Waals surface area (Å²) < 4.78 is 5.41. The van der Waals surface area contributed by atoms with Crippen molar-refractivity contribution >= 4 is 35.0 Å². The van der Waals surface area contributed by atoms with Gasteiger partial charge < -0.3 is 4.74 Å². The van der Waals surface area contributed by atoms with Crippen LogP contribution in [0.3, 0.4) is 0 Å². The Morgan fingerprint density at radius 1 is 1.12 bits per heavy atom. The Kier molecular flexibility index (Phi) is 8.06. The topological polar surface area (TPSA) is 65.1 Å². The maximum absolute atomic E-state index is 14.2. The molecule has 2 heterocycles. The van der Waals surface area contributed by atoms with E-state index in [0.717, 1.165) is 51.3 Å². The van der Waals surface area contributed by atoms with Crippen molar-refractivity contribution in [3.8, 4) is 0 Å². The van der Waals surface area contributed by atoms with Crippen LogP contribution in [0.25, 0.3) is 0 Å². The molecule has 210 valence electrons. The highest BCUT2D eigenvalue weighted by Gasteiger charge is 2.42. The Morgan fingerprint density at radius 2 is 1.88 bits per heavy atom. The molecule has 40 heavy (non-hydrogen) atoms. The number of cyclic esters (lactones) is 1. The molecular formula is C32H37ClN4O3. The Hall–Kier alpha value is -3.55. The summed E-state index contributed by atoms with van der Waals surface area (Å²) in [5.41, 5.74) is 11.9. The molecule has 2 aliphatic rings. The number of hydrazine groups is 2. The van der Waals surface area contributed by atoms with Gasteiger partial charge in [-0.25, -0.2) is 9.69 Å². The summed E-state index contributed by atoms with van der Waals surface area (Å²) in [6.07, 6.45) is -0.0214. The maximum atomic E-state index is 14.2. The first-order chi connectivity index (χ1) is 19.2. The van der Waals surface area contributed by atoms with E-state index in [0.29, 0.717) is 12.3 Å². The van der Waals surface area contributed by atoms with Crippen LogP contribution in [0.1, 0.15) is 53.1 Å². The van der Waals surface area contributed by atoms with Crippen molar-refractivity contribution in [2.75, 3.05) is 30.6 Å². The number of nitrogens with one attached hydrogen (secondary N) is 1. The molecule has 0 bridgehead atoms. The van der Waals surface area contributed by atoms with Gasteiger partial charge in [-0.1, -0.05) is 61.5 Å². The molecule has 0 aliphatic carbocycles. The van der Waals surface area contributed by atoms with E-state index >= 15 is 0 Å². The first-order valence-electron chi connectivity index (χ1n) is 13.9. The second-order valence-electron chi connectivity index (χ2n) is 10.7. The van der Waals surface area contributed by atoms with Crippen LogP contribution in [0.15, 0.2) is 60.7 Å². The summed E-state index contributed by atoms with van der Waals surface area (Å²) in [6.45, 7) is 9.18. The average Bonchev–Trinajstić information content (AvgIpc) is 3.49. The molecule has 2 aliphatic heterocycles. The quantitative estimate of drug-likeness (QED) is 0.321. The molecule has 1 N–H and O–H groups in total. The van der Waals surface area contributed by atoms with E-state index in [1.54, 1.807) is 0 Å². The van der Waals surface area contributed by atoms with Crippen LogP contribution in [0.4, 0.5) is 16.2 Å². The molecule has 5 rings (SSSR count). The number of hydrogen-bond donors (Lipinski definition) is 1. The molecule has 3 aromatic rings. The molecule has 0 radical (unpaired) electrons. The zero-order chi connectivity index (χ0) is 28.6. The average molecular weight is 561 g/mol. The predicted molar refractivity (Wildman–Crippen MR) is 159 cm³/mol. The third-order valence-corrected chi connectivity index (χ3v) is 8.60. The highest BCUT2D eigenvalue weighted by Crippen LogP contribution is 2.44. The lowest BCUT2D eigenvalue weighted by molar-refractivity contribution is -0.133. The Bertz CT molecular complexity index is 1410. The number of carbonyl (C=O) groups excluding carboxylic acids is 2. The van der Waals surface area contributed by atoms with E-state index in [2.05, 4.69) is 54.6 Å². The Balaban J connectivity index is 1.56. The Labute approximate surface area is 241 Å². The first-order valence-corrected chi connectivity index (χ1v) is 14.4. The Morgan fingerprint density at radius 3 is 2.58 bits per heavy atom. The third kappa shape index (κ3) is 5.04. The van der Waals surface area contributed by atoms with Crippen molar-refractivity contribution in [2.24, 2.45) is 5.92 Å². The smallest absolute Gasteiger partial charge is 0.416 e. The fraction of sp³-hybridized carbons (Fsp3) is 0.375. The number of aryl methyl sites for hydroxylation is 1. The first kappa shape index (κ1) is 28.0. The number of anilines is 2. The number of carbonyl (C=O) groups is 2. The molecule has 7 nitrogen and oxygen atoms in total. The van der Waals surface area contributed by atoms with Crippen LogP contribution in [-0.2, 0) is 21.8 Å². The number of alkyl halides is 1. The van der Waals surface area contributed by atoms with Gasteiger partial charge in [0.15, 0.2) is 0 Å². The van der Waals surface area contributed by atoms with Gasteiger partial charge in [0.1, 0.15) is 6.61 Å². The number of halogens is 1. The van der Waals surface area contributed by atoms with Crippen LogP contribution < -0.4 is 10.4 Å². The molecule has 3 aromatic carbocycles. The van der Waals surface area contributed by atoms with Gasteiger partial charge in [-0.15, -0.1) is 16.7 Å². The SMILES string of the molecule is CCN1c2ccc([C@@H](c3ccc(C)c(CCl)c3)[C@H](C)C(=O)N3C(=O)OC[C@@H]3Cc3ccccc3)c(C)c2NN1C. The van der Waals surface area contributed by atoms with Crippen LogP contribution in [0.5, 0.6) is 0 Å². The van der Waals surface area contributed by atoms with Gasteiger partial charge >= 0.3 is 6.09 Å². The lowest BCUT2D eigenvalue weighted by Crippen LogP contribution is -2.44. The number of ether oxygens (including phenoxy) is 1. The molecule has 8 heteroatoms. The van der Waals surface area contributed by atoms with E-state index < -0.39 is 12.0 Å². The summed E-state index contributed by atoms with van der Waals surface area (Å²) >= 11 is 6.31. The number of imide groups is 1. The van der Waals surface area contributed by atoms with E-state index in [-0.39, 0.29) is 24.5 Å². The van der Waals surface area contributed by atoms with Crippen LogP contribution in [0, 0.1) is 19.8 Å². The molecule has 0 aromatic heterocycles. The minimum atomic E-state index is -0.575. The standard InChI is InChI=1S/C32H37ClN4O3/c1-6-36-28-15-14-27(21(3)30(28)34-35(36)5)29(24-13-12-20(2)25(17-24)18-33)22(4)31(38)37-26(19-40-32(37)39)16-23-10-8-7-9-11-23/h7-15,17,22,26,29,34H,6,16,18-19H2,1-5H3/t22-,26-,29+/m0/s1. The van der Waals surface area contributed by atoms with E-state index in [1.807, 2.05) is 56.3 Å². The number of rotatable bonds is 8. The number of nitrogens with zero attached hydrogens (tertiary/aromatic N) is 3. The number of hydrogen-bond acceptors (Lipinski definition) is 6. The van der Waals surface area contributed by atoms with E-state index in [9.17, 15) is 9.59 Å². The summed E-state index contributed by atoms with van der Waals surface area (Å²) in [5, 5.41) is 4.15. The molecule has 0 saturated carbocycles. The van der Waals surface area contributed by atoms with Gasteiger partial charge in [-0.3, -0.25) is 15.2 Å². The highest BCUT2D eigenvalue weighted by atomic mass is 35.5. The molecule has 3 atom stereocenters. The van der Waals surface area contributed by atoms with Gasteiger partial charge in [0.25, 0.3) is 0 Å². The molecule has 0 spiro atoms. The molecule has 0 unspecified atom stereocenters. The van der Waals surface area contributed by atoms with E-state index in [1.165, 1.54) is 4.90 Å². The fourth-order valence-electron chi connectivity index (χ4n) is 6.07. The van der Waals surface area contributed by atoms with Crippen molar-refractivity contribution < 1.29 is 14.3 Å². The second-order valence-corrected chi connectivity index (χ2v) is 11.0. The fourth-order valence-corrected chi connectivity index (χ4v) is 6.36. The lowest BCUT2D eigenvalue weighted by atomic mass is 9.78. The van der Waals surface area contributed by atoms with Gasteiger partial charge in [0.05, 0.1) is 17.4 Å². The number of amides is 2. The number of benzene rings is 3. The van der Waals surface area contributed by atoms with Crippen LogP contribution in [0.2, 0.25) is 0 Å². The van der Waals surface area contributed by atoms with Crippen molar-refractivity contribution in [3.05, 3.63) is 94.0 Å². The summed E-state index contributed by atoms with van der Waals surface area (Å²) in [7, 11) is 1.99. The van der Waals surface area contributed by atoms with E-state index in [4.69, 9.17) is 16.3 Å². The summed E-state index contributed by atoms with van der Waals surface area (Å²) in [6, 6.07) is 20.0. The minimum Gasteiger partial charge on any atom is -0.447 e. The normalized spacial score (nSPS) is 18.4. The zero-order valence-electron chi connectivity index (χ0n) is 23.8. The van der Waals surface area contributed by atoms with Crippen molar-refractivity contribution in [1.29, 1.82) is 0 Å². The monoisotopic (exact) mass is 560 g/mol. The molecule has 1 fully saturated rings. The van der Waals surface area contributed by atoms with Gasteiger partial charge in [-0.2, -0.15) is 0 Å². The van der Waals surface area contributed by atoms with Gasteiger partial charge in [0.2, 0.25) is 5.91 Å². The zero-order valence-corrected chi connectivity index (χ0v) is 24.5. The largest absolute Gasteiger partial charge is 0.447 e. The van der Waals surface area contributed by atoms with Crippen molar-refractivity contribution in [1.82, 2.24) is 10.0 Å². The van der Waals surface area contributed by atoms with Crippen LogP contribution >= 0.6 is 11.6 Å². The second kappa shape index (κ2) is 11.5.